The van der Waals surface area contributed by atoms with Crippen LogP contribution in [0.3, 0.4) is 0 Å². The quantitative estimate of drug-likeness (QED) is 0.721. The molecular formula is C18H18N6O3. The van der Waals surface area contributed by atoms with E-state index in [9.17, 15) is 9.59 Å². The molecular weight excluding hydrogens is 348 g/mol. The lowest BCUT2D eigenvalue weighted by atomic mass is 10.00. The van der Waals surface area contributed by atoms with E-state index in [0.717, 1.165) is 12.1 Å². The molecule has 0 aliphatic carbocycles. The van der Waals surface area contributed by atoms with Crippen LogP contribution >= 0.6 is 0 Å². The van der Waals surface area contributed by atoms with E-state index in [2.05, 4.69) is 15.4 Å². The molecule has 1 amide bonds. The van der Waals surface area contributed by atoms with Gasteiger partial charge in [-0.1, -0.05) is 23.4 Å². The van der Waals surface area contributed by atoms with Gasteiger partial charge in [-0.3, -0.25) is 14.7 Å². The average Bonchev–Trinajstić information content (AvgIpc) is 3.34. The van der Waals surface area contributed by atoms with E-state index >= 15 is 0 Å². The van der Waals surface area contributed by atoms with Crippen molar-refractivity contribution < 1.29 is 9.53 Å². The van der Waals surface area contributed by atoms with E-state index in [1.807, 2.05) is 35.0 Å². The Morgan fingerprint density at radius 2 is 2.11 bits per heavy atom. The average molecular weight is 366 g/mol. The number of amides is 1. The maximum atomic E-state index is 13.0. The highest BCUT2D eigenvalue weighted by Crippen LogP contribution is 2.30. The molecule has 0 bridgehead atoms. The van der Waals surface area contributed by atoms with Crippen molar-refractivity contribution >= 4 is 5.91 Å². The third kappa shape index (κ3) is 2.67. The molecule has 0 saturated carbocycles. The van der Waals surface area contributed by atoms with Crippen LogP contribution in [0.2, 0.25) is 0 Å². The first kappa shape index (κ1) is 16.0. The molecule has 1 saturated heterocycles. The lowest BCUT2D eigenvalue weighted by Gasteiger charge is -2.40. The molecule has 2 aliphatic rings. The second-order valence-corrected chi connectivity index (χ2v) is 6.81. The van der Waals surface area contributed by atoms with Crippen molar-refractivity contribution in [1.82, 2.24) is 29.7 Å². The van der Waals surface area contributed by atoms with Crippen LogP contribution in [0.4, 0.5) is 0 Å². The molecule has 2 aromatic heterocycles. The van der Waals surface area contributed by atoms with Gasteiger partial charge in [0.05, 0.1) is 36.3 Å². The molecule has 1 N–H and O–H groups in total. The number of piperidine rings is 1. The van der Waals surface area contributed by atoms with Gasteiger partial charge in [0.1, 0.15) is 5.69 Å². The number of hydrogen-bond donors (Lipinski definition) is 1. The fraction of sp³-hybridized carbons (Fsp3) is 0.333. The van der Waals surface area contributed by atoms with Crippen molar-refractivity contribution in [2.75, 3.05) is 13.1 Å². The summed E-state index contributed by atoms with van der Waals surface area (Å²) in [5.74, 6) is -0.201. The van der Waals surface area contributed by atoms with Gasteiger partial charge in [-0.05, 0) is 18.6 Å². The van der Waals surface area contributed by atoms with E-state index in [-0.39, 0.29) is 29.3 Å². The number of hydrogen-bond acceptors (Lipinski definition) is 5. The second-order valence-electron chi connectivity index (χ2n) is 6.81. The van der Waals surface area contributed by atoms with Crippen molar-refractivity contribution in [3.8, 4) is 5.69 Å². The number of nitrogens with one attached hydrogen (secondary N) is 1. The number of aromatic amines is 1. The standard InChI is InChI=1S/C18H18N6O3/c25-17-8-14(20-24(17)12-4-2-1-3-5-12)18(26)22-7-6-16-15(10-22)23-13(11-27-16)9-19-21-23/h1-5,8-9,15-16,20H,6-7,10-11H2/t15-,16-/m1/s1. The zero-order valence-corrected chi connectivity index (χ0v) is 14.5. The molecule has 9 heteroatoms. The Bertz CT molecular complexity index is 1040. The monoisotopic (exact) mass is 366 g/mol. The number of H-pyrrole nitrogens is 1. The maximum Gasteiger partial charge on any atom is 0.272 e. The molecule has 9 nitrogen and oxygen atoms in total. The molecule has 2 aliphatic heterocycles. The summed E-state index contributed by atoms with van der Waals surface area (Å²) in [5, 5.41) is 11.0. The van der Waals surface area contributed by atoms with Gasteiger partial charge in [0.25, 0.3) is 11.5 Å². The number of aromatic nitrogens is 5. The summed E-state index contributed by atoms with van der Waals surface area (Å²) in [4.78, 5) is 27.0. The lowest BCUT2D eigenvalue weighted by Crippen LogP contribution is -2.50. The summed E-state index contributed by atoms with van der Waals surface area (Å²) in [7, 11) is 0. The number of carbonyl (C=O) groups is 1. The first-order chi connectivity index (χ1) is 13.2. The topological polar surface area (TPSA) is 98.0 Å². The van der Waals surface area contributed by atoms with Gasteiger partial charge in [0.2, 0.25) is 0 Å². The van der Waals surface area contributed by atoms with Crippen molar-refractivity contribution in [3.05, 3.63) is 64.3 Å². The molecule has 2 atom stereocenters. The summed E-state index contributed by atoms with van der Waals surface area (Å²) in [5.41, 5.74) is 1.61. The van der Waals surface area contributed by atoms with Gasteiger partial charge >= 0.3 is 0 Å². The molecule has 0 unspecified atom stereocenters. The molecule has 5 rings (SSSR count). The van der Waals surface area contributed by atoms with Gasteiger partial charge in [0, 0.05) is 19.2 Å². The van der Waals surface area contributed by atoms with E-state index in [4.69, 9.17) is 4.74 Å². The SMILES string of the molecule is O=C(c1cc(=O)n(-c2ccccc2)[nH]1)N1CC[C@H]2OCc3cnnn3[C@@H]2C1. The maximum absolute atomic E-state index is 13.0. The number of fused-ring (bicyclic) bond motifs is 3. The van der Waals surface area contributed by atoms with Crippen molar-refractivity contribution in [1.29, 1.82) is 0 Å². The number of ether oxygens (including phenoxy) is 1. The van der Waals surface area contributed by atoms with Crippen molar-refractivity contribution in [2.24, 2.45) is 0 Å². The highest BCUT2D eigenvalue weighted by atomic mass is 16.5. The summed E-state index contributed by atoms with van der Waals surface area (Å²) in [6, 6.07) is 10.5. The summed E-state index contributed by atoms with van der Waals surface area (Å²) in [6.07, 6.45) is 2.43. The lowest BCUT2D eigenvalue weighted by molar-refractivity contribution is -0.0605. The zero-order valence-electron chi connectivity index (χ0n) is 14.5. The number of rotatable bonds is 2. The van der Waals surface area contributed by atoms with Gasteiger partial charge in [-0.15, -0.1) is 5.10 Å². The van der Waals surface area contributed by atoms with Gasteiger partial charge < -0.3 is 9.64 Å². The molecule has 0 spiro atoms. The Labute approximate surface area is 154 Å². The summed E-state index contributed by atoms with van der Waals surface area (Å²) in [6.45, 7) is 1.54. The number of carbonyl (C=O) groups excluding carboxylic acids is 1. The fourth-order valence-electron chi connectivity index (χ4n) is 3.81. The van der Waals surface area contributed by atoms with Crippen LogP contribution in [0.1, 0.15) is 28.6 Å². The number of para-hydroxylation sites is 1. The molecule has 27 heavy (non-hydrogen) atoms. The van der Waals surface area contributed by atoms with Crippen molar-refractivity contribution in [2.45, 2.75) is 25.2 Å². The Morgan fingerprint density at radius 3 is 2.96 bits per heavy atom. The normalized spacial score (nSPS) is 21.6. The molecule has 4 heterocycles. The first-order valence-electron chi connectivity index (χ1n) is 8.88. The molecule has 3 aromatic rings. The van der Waals surface area contributed by atoms with Crippen LogP contribution in [0.25, 0.3) is 5.69 Å². The zero-order chi connectivity index (χ0) is 18.4. The molecule has 0 radical (unpaired) electrons. The highest BCUT2D eigenvalue weighted by Gasteiger charge is 2.38. The van der Waals surface area contributed by atoms with Crippen LogP contribution in [0.15, 0.2) is 47.4 Å². The van der Waals surface area contributed by atoms with Gasteiger partial charge in [0.15, 0.2) is 0 Å². The van der Waals surface area contributed by atoms with Gasteiger partial charge in [-0.2, -0.15) is 0 Å². The van der Waals surface area contributed by atoms with Crippen LogP contribution < -0.4 is 5.56 Å². The minimum absolute atomic E-state index is 0.0243. The van der Waals surface area contributed by atoms with Crippen molar-refractivity contribution in [3.63, 3.8) is 0 Å². The Hall–Kier alpha value is -3.20. The molecule has 138 valence electrons. The van der Waals surface area contributed by atoms with Crippen LogP contribution in [0.5, 0.6) is 0 Å². The minimum atomic E-state index is -0.265. The summed E-state index contributed by atoms with van der Waals surface area (Å²) < 4.78 is 9.11. The number of nitrogens with zero attached hydrogens (tertiary/aromatic N) is 5. The Balaban J connectivity index is 1.40. The van der Waals surface area contributed by atoms with Crippen LogP contribution in [0, 0.1) is 0 Å². The Morgan fingerprint density at radius 1 is 1.26 bits per heavy atom. The third-order valence-electron chi connectivity index (χ3n) is 5.18. The first-order valence-corrected chi connectivity index (χ1v) is 8.88. The van der Waals surface area contributed by atoms with E-state index < -0.39 is 0 Å². The van der Waals surface area contributed by atoms with E-state index in [1.54, 1.807) is 11.1 Å². The van der Waals surface area contributed by atoms with Crippen LogP contribution in [-0.2, 0) is 11.3 Å². The predicted octanol–water partition coefficient (Wildman–Crippen LogP) is 0.743. The predicted molar refractivity (Wildman–Crippen MR) is 94.5 cm³/mol. The minimum Gasteiger partial charge on any atom is -0.370 e. The van der Waals surface area contributed by atoms with Crippen LogP contribution in [-0.4, -0.2) is 54.8 Å². The fourth-order valence-corrected chi connectivity index (χ4v) is 3.81. The third-order valence-corrected chi connectivity index (χ3v) is 5.18. The Kier molecular flexibility index (Phi) is 3.68. The molecule has 1 aromatic carbocycles. The molecule has 1 fully saturated rings. The summed E-state index contributed by atoms with van der Waals surface area (Å²) >= 11 is 0. The van der Waals surface area contributed by atoms with Gasteiger partial charge in [-0.25, -0.2) is 9.36 Å². The number of benzene rings is 1. The smallest absolute Gasteiger partial charge is 0.272 e. The largest absolute Gasteiger partial charge is 0.370 e. The second kappa shape index (κ2) is 6.20. The highest BCUT2D eigenvalue weighted by molar-refractivity contribution is 5.92. The van der Waals surface area contributed by atoms with E-state index in [0.29, 0.717) is 25.4 Å². The number of likely N-dealkylation sites (tertiary alicyclic amines) is 1. The van der Waals surface area contributed by atoms with E-state index in [1.165, 1.54) is 10.7 Å².